The summed E-state index contributed by atoms with van der Waals surface area (Å²) in [6.45, 7) is 7.63. The van der Waals surface area contributed by atoms with Gasteiger partial charge in [-0.3, -0.25) is 5.10 Å². The van der Waals surface area contributed by atoms with Gasteiger partial charge in [0.1, 0.15) is 11.4 Å². The summed E-state index contributed by atoms with van der Waals surface area (Å²) in [5.41, 5.74) is 0.463. The number of aryl methyl sites for hydroxylation is 1. The minimum absolute atomic E-state index is 0.168. The molecular formula is C21H31N7O3. The van der Waals surface area contributed by atoms with E-state index in [1.807, 2.05) is 38.7 Å². The summed E-state index contributed by atoms with van der Waals surface area (Å²) in [5, 5.41) is 13.7. The van der Waals surface area contributed by atoms with E-state index in [4.69, 9.17) is 9.47 Å². The first-order chi connectivity index (χ1) is 14.7. The molecule has 2 atom stereocenters. The number of carbonyl (C=O) groups excluding carboxylic acids is 1. The van der Waals surface area contributed by atoms with Crippen LogP contribution in [0.5, 0.6) is 5.88 Å². The van der Waals surface area contributed by atoms with Crippen LogP contribution in [0.1, 0.15) is 52.1 Å². The maximum atomic E-state index is 12.7. The predicted molar refractivity (Wildman–Crippen MR) is 117 cm³/mol. The molecule has 2 aromatic heterocycles. The maximum absolute atomic E-state index is 12.7. The molecule has 4 heterocycles. The Morgan fingerprint density at radius 2 is 1.87 bits per heavy atom. The Morgan fingerprint density at radius 3 is 2.45 bits per heavy atom. The number of methoxy groups -OCH3 is 1. The molecule has 3 N–H and O–H groups in total. The summed E-state index contributed by atoms with van der Waals surface area (Å²) in [7, 11) is 1.58. The number of nitrogens with zero attached hydrogens (tertiary/aromatic N) is 4. The summed E-state index contributed by atoms with van der Waals surface area (Å²) in [6, 6.07) is 4.13. The number of rotatable bonds is 5. The summed E-state index contributed by atoms with van der Waals surface area (Å²) < 4.78 is 11.0. The van der Waals surface area contributed by atoms with Crippen molar-refractivity contribution in [2.45, 2.75) is 77.1 Å². The van der Waals surface area contributed by atoms with Crippen LogP contribution in [-0.2, 0) is 4.74 Å². The molecule has 2 fully saturated rings. The standard InChI is InChI=1S/C21H31N7O3/c1-12-8-17(27-26-12)23-16-11-18(30-5)25-19(24-16)22-13-9-14-6-7-15(10-13)28(14)20(29)31-21(2,3)4/h8,11,13-15H,6-7,9-10H2,1-5H3,(H3,22,23,24,25,26,27). The van der Waals surface area contributed by atoms with Crippen LogP contribution in [0, 0.1) is 6.92 Å². The van der Waals surface area contributed by atoms with Crippen molar-refractivity contribution in [1.82, 2.24) is 25.1 Å². The van der Waals surface area contributed by atoms with Gasteiger partial charge in [0, 0.05) is 36.0 Å². The lowest BCUT2D eigenvalue weighted by molar-refractivity contribution is 0.00682. The minimum Gasteiger partial charge on any atom is -0.481 e. The first-order valence-corrected chi connectivity index (χ1v) is 10.7. The van der Waals surface area contributed by atoms with Crippen LogP contribution >= 0.6 is 0 Å². The van der Waals surface area contributed by atoms with Gasteiger partial charge in [0.2, 0.25) is 11.8 Å². The van der Waals surface area contributed by atoms with Crippen molar-refractivity contribution in [3.8, 4) is 5.88 Å². The molecular weight excluding hydrogens is 398 g/mol. The van der Waals surface area contributed by atoms with Gasteiger partial charge in [-0.15, -0.1) is 0 Å². The first-order valence-electron chi connectivity index (χ1n) is 10.7. The highest BCUT2D eigenvalue weighted by Gasteiger charge is 2.45. The molecule has 0 aromatic carbocycles. The Labute approximate surface area is 182 Å². The monoisotopic (exact) mass is 429 g/mol. The first kappa shape index (κ1) is 21.2. The number of anilines is 3. The average Bonchev–Trinajstić information content (AvgIpc) is 3.20. The van der Waals surface area contributed by atoms with E-state index in [-0.39, 0.29) is 24.2 Å². The fourth-order valence-electron chi connectivity index (χ4n) is 4.36. The highest BCUT2D eigenvalue weighted by atomic mass is 16.6. The van der Waals surface area contributed by atoms with Crippen LogP contribution in [0.25, 0.3) is 0 Å². The normalized spacial score (nSPS) is 22.9. The molecule has 2 aromatic rings. The smallest absolute Gasteiger partial charge is 0.410 e. The quantitative estimate of drug-likeness (QED) is 0.660. The van der Waals surface area contributed by atoms with E-state index in [1.165, 1.54) is 0 Å². The fourth-order valence-corrected chi connectivity index (χ4v) is 4.36. The number of ether oxygens (including phenoxy) is 2. The van der Waals surface area contributed by atoms with Crippen LogP contribution in [0.4, 0.5) is 22.4 Å². The number of fused-ring (bicyclic) bond motifs is 2. The van der Waals surface area contributed by atoms with Gasteiger partial charge in [-0.1, -0.05) is 0 Å². The molecule has 10 nitrogen and oxygen atoms in total. The lowest BCUT2D eigenvalue weighted by atomic mass is 9.98. The van der Waals surface area contributed by atoms with Gasteiger partial charge in [0.05, 0.1) is 7.11 Å². The lowest BCUT2D eigenvalue weighted by Gasteiger charge is -2.39. The molecule has 0 radical (unpaired) electrons. The van der Waals surface area contributed by atoms with Crippen LogP contribution in [-0.4, -0.2) is 62.0 Å². The summed E-state index contributed by atoms with van der Waals surface area (Å²) >= 11 is 0. The number of aromatic nitrogens is 4. The third kappa shape index (κ3) is 5.00. The van der Waals surface area contributed by atoms with Crippen molar-refractivity contribution >= 4 is 23.7 Å². The van der Waals surface area contributed by atoms with Gasteiger partial charge in [-0.2, -0.15) is 15.1 Å². The fraction of sp³-hybridized carbons (Fsp3) is 0.619. The van der Waals surface area contributed by atoms with Crippen LogP contribution < -0.4 is 15.4 Å². The number of H-pyrrole nitrogens is 1. The molecule has 2 aliphatic heterocycles. The number of piperidine rings is 1. The Hall–Kier alpha value is -3.04. The summed E-state index contributed by atoms with van der Waals surface area (Å²) in [6.07, 6.45) is 3.44. The Kier molecular flexibility index (Phi) is 5.63. The van der Waals surface area contributed by atoms with Crippen molar-refractivity contribution < 1.29 is 14.3 Å². The van der Waals surface area contributed by atoms with Crippen molar-refractivity contribution in [3.05, 3.63) is 17.8 Å². The van der Waals surface area contributed by atoms with Gasteiger partial charge in [0.15, 0.2) is 5.82 Å². The minimum atomic E-state index is -0.490. The molecule has 1 amide bonds. The molecule has 10 heteroatoms. The zero-order chi connectivity index (χ0) is 22.2. The molecule has 2 saturated heterocycles. The van der Waals surface area contributed by atoms with E-state index >= 15 is 0 Å². The number of hydrogen-bond acceptors (Lipinski definition) is 8. The maximum Gasteiger partial charge on any atom is 0.410 e. The van der Waals surface area contributed by atoms with E-state index in [9.17, 15) is 4.79 Å². The summed E-state index contributed by atoms with van der Waals surface area (Å²) in [5.74, 6) is 2.22. The molecule has 0 spiro atoms. The van der Waals surface area contributed by atoms with Gasteiger partial charge in [-0.05, 0) is 53.4 Å². The van der Waals surface area contributed by atoms with Gasteiger partial charge < -0.3 is 25.0 Å². The third-order valence-electron chi connectivity index (χ3n) is 5.54. The second kappa shape index (κ2) is 8.24. The molecule has 2 aliphatic rings. The SMILES string of the molecule is COc1cc(Nc2cc(C)[nH]n2)nc(NC2CC3CCC(C2)N3C(=O)OC(C)(C)C)n1. The van der Waals surface area contributed by atoms with Gasteiger partial charge >= 0.3 is 6.09 Å². The van der Waals surface area contributed by atoms with E-state index in [0.29, 0.717) is 23.5 Å². The van der Waals surface area contributed by atoms with E-state index in [2.05, 4.69) is 30.8 Å². The van der Waals surface area contributed by atoms with E-state index < -0.39 is 5.60 Å². The molecule has 4 rings (SSSR count). The highest BCUT2D eigenvalue weighted by Crippen LogP contribution is 2.37. The molecule has 168 valence electrons. The zero-order valence-electron chi connectivity index (χ0n) is 18.7. The number of aromatic amines is 1. The van der Waals surface area contributed by atoms with Crippen LogP contribution in [0.15, 0.2) is 12.1 Å². The molecule has 2 bridgehead atoms. The molecule has 0 aliphatic carbocycles. The molecule has 2 unspecified atom stereocenters. The van der Waals surface area contributed by atoms with Crippen molar-refractivity contribution in [3.63, 3.8) is 0 Å². The van der Waals surface area contributed by atoms with Crippen molar-refractivity contribution in [2.75, 3.05) is 17.7 Å². The van der Waals surface area contributed by atoms with Crippen LogP contribution in [0.2, 0.25) is 0 Å². The largest absolute Gasteiger partial charge is 0.481 e. The van der Waals surface area contributed by atoms with E-state index in [1.54, 1.807) is 13.2 Å². The Balaban J connectivity index is 1.44. The number of hydrogen-bond donors (Lipinski definition) is 3. The topological polar surface area (TPSA) is 117 Å². The zero-order valence-corrected chi connectivity index (χ0v) is 18.7. The summed E-state index contributed by atoms with van der Waals surface area (Å²) in [4.78, 5) is 23.6. The third-order valence-corrected chi connectivity index (χ3v) is 5.54. The second-order valence-corrected chi connectivity index (χ2v) is 9.27. The number of amides is 1. The van der Waals surface area contributed by atoms with Crippen LogP contribution in [0.3, 0.4) is 0 Å². The molecule has 0 saturated carbocycles. The average molecular weight is 430 g/mol. The Bertz CT molecular complexity index is 925. The Morgan fingerprint density at radius 1 is 1.16 bits per heavy atom. The number of nitrogens with one attached hydrogen (secondary N) is 3. The van der Waals surface area contributed by atoms with Gasteiger partial charge in [-0.25, -0.2) is 4.79 Å². The van der Waals surface area contributed by atoms with Crippen molar-refractivity contribution in [1.29, 1.82) is 0 Å². The van der Waals surface area contributed by atoms with Gasteiger partial charge in [0.25, 0.3) is 0 Å². The molecule has 31 heavy (non-hydrogen) atoms. The van der Waals surface area contributed by atoms with E-state index in [0.717, 1.165) is 31.4 Å². The number of carbonyl (C=O) groups is 1. The lowest BCUT2D eigenvalue weighted by Crippen LogP contribution is -2.51. The highest BCUT2D eigenvalue weighted by molar-refractivity contribution is 5.69. The second-order valence-electron chi connectivity index (χ2n) is 9.27. The predicted octanol–water partition coefficient (Wildman–Crippen LogP) is 3.60. The van der Waals surface area contributed by atoms with Crippen molar-refractivity contribution in [2.24, 2.45) is 0 Å².